The molecule has 1 aromatic rings. The fourth-order valence-corrected chi connectivity index (χ4v) is 2.97. The summed E-state index contributed by atoms with van der Waals surface area (Å²) < 4.78 is 0. The van der Waals surface area contributed by atoms with Crippen LogP contribution in [0.2, 0.25) is 0 Å². The molecule has 1 aliphatic heterocycles. The lowest BCUT2D eigenvalue weighted by molar-refractivity contribution is -0.148. The average Bonchev–Trinajstić information content (AvgIpc) is 2.93. The third kappa shape index (κ3) is 3.17. The van der Waals surface area contributed by atoms with Crippen molar-refractivity contribution in [3.05, 3.63) is 35.9 Å². The highest BCUT2D eigenvalue weighted by Crippen LogP contribution is 2.32. The monoisotopic (exact) mass is 290 g/mol. The quantitative estimate of drug-likeness (QED) is 0.874. The fraction of sp³-hybridized carbons (Fsp3) is 0.500. The van der Waals surface area contributed by atoms with Gasteiger partial charge >= 0.3 is 12.0 Å². The van der Waals surface area contributed by atoms with Crippen LogP contribution in [0.1, 0.15) is 31.7 Å². The molecule has 2 rings (SSSR count). The molecule has 1 saturated heterocycles. The zero-order valence-electron chi connectivity index (χ0n) is 12.3. The van der Waals surface area contributed by atoms with Crippen molar-refractivity contribution in [2.24, 2.45) is 0 Å². The Morgan fingerprint density at radius 2 is 2.05 bits per heavy atom. The van der Waals surface area contributed by atoms with E-state index in [0.29, 0.717) is 25.9 Å². The lowest BCUT2D eigenvalue weighted by Crippen LogP contribution is -2.55. The highest BCUT2D eigenvalue weighted by molar-refractivity contribution is 5.87. The first-order chi connectivity index (χ1) is 10.1. The first kappa shape index (κ1) is 15.4. The molecule has 0 bridgehead atoms. The molecule has 0 radical (unpaired) electrons. The molecular weight excluding hydrogens is 268 g/mol. The van der Waals surface area contributed by atoms with Gasteiger partial charge in [0, 0.05) is 13.1 Å². The molecule has 5 nitrogen and oxygen atoms in total. The van der Waals surface area contributed by atoms with Gasteiger partial charge in [-0.05, 0) is 31.2 Å². The van der Waals surface area contributed by atoms with E-state index >= 15 is 0 Å². The van der Waals surface area contributed by atoms with Gasteiger partial charge in [-0.2, -0.15) is 0 Å². The minimum atomic E-state index is -1.03. The van der Waals surface area contributed by atoms with Gasteiger partial charge in [0.05, 0.1) is 0 Å². The Balaban J connectivity index is 1.92. The molecule has 1 atom stereocenters. The van der Waals surface area contributed by atoms with Gasteiger partial charge < -0.3 is 15.3 Å². The SMILES string of the molecule is CCC1(C(=O)O)CCCN1C(=O)NCCc1ccccc1. The third-order valence-corrected chi connectivity index (χ3v) is 4.25. The molecule has 0 aromatic heterocycles. The number of carbonyl (C=O) groups excluding carboxylic acids is 1. The second-order valence-corrected chi connectivity index (χ2v) is 5.41. The number of carbonyl (C=O) groups is 2. The van der Waals surface area contributed by atoms with Crippen molar-refractivity contribution < 1.29 is 14.7 Å². The van der Waals surface area contributed by atoms with E-state index in [-0.39, 0.29) is 6.03 Å². The molecule has 1 aromatic carbocycles. The Labute approximate surface area is 125 Å². The van der Waals surface area contributed by atoms with E-state index in [1.165, 1.54) is 4.90 Å². The van der Waals surface area contributed by atoms with Gasteiger partial charge in [-0.3, -0.25) is 0 Å². The number of hydrogen-bond donors (Lipinski definition) is 2. The van der Waals surface area contributed by atoms with Crippen LogP contribution in [0.5, 0.6) is 0 Å². The summed E-state index contributed by atoms with van der Waals surface area (Å²) in [7, 11) is 0. The number of rotatable bonds is 5. The number of carboxylic acids is 1. The van der Waals surface area contributed by atoms with Crippen LogP contribution in [0, 0.1) is 0 Å². The number of carboxylic acid groups (broad SMARTS) is 1. The molecule has 114 valence electrons. The van der Waals surface area contributed by atoms with Crippen molar-refractivity contribution in [1.82, 2.24) is 10.2 Å². The number of amides is 2. The molecule has 2 N–H and O–H groups in total. The summed E-state index contributed by atoms with van der Waals surface area (Å²) in [6.45, 7) is 2.85. The van der Waals surface area contributed by atoms with Crippen molar-refractivity contribution in [3.63, 3.8) is 0 Å². The zero-order valence-corrected chi connectivity index (χ0v) is 12.3. The second-order valence-electron chi connectivity index (χ2n) is 5.41. The topological polar surface area (TPSA) is 69.6 Å². The van der Waals surface area contributed by atoms with Crippen molar-refractivity contribution in [1.29, 1.82) is 0 Å². The van der Waals surface area contributed by atoms with Gasteiger partial charge in [0.1, 0.15) is 5.54 Å². The number of benzene rings is 1. The van der Waals surface area contributed by atoms with Crippen LogP contribution in [-0.2, 0) is 11.2 Å². The predicted molar refractivity (Wildman–Crippen MR) is 80.1 cm³/mol. The molecule has 1 aliphatic rings. The molecule has 1 fully saturated rings. The predicted octanol–water partition coefficient (Wildman–Crippen LogP) is 2.27. The third-order valence-electron chi connectivity index (χ3n) is 4.25. The van der Waals surface area contributed by atoms with Crippen LogP contribution in [0.25, 0.3) is 0 Å². The van der Waals surface area contributed by atoms with Crippen molar-refractivity contribution in [2.45, 2.75) is 38.1 Å². The average molecular weight is 290 g/mol. The summed E-state index contributed by atoms with van der Waals surface area (Å²) in [6.07, 6.45) is 2.46. The van der Waals surface area contributed by atoms with Crippen LogP contribution >= 0.6 is 0 Å². The standard InChI is InChI=1S/C16H22N2O3/c1-2-16(14(19)20)10-6-12-18(16)15(21)17-11-9-13-7-4-3-5-8-13/h3-5,7-8H,2,6,9-12H2,1H3,(H,17,21)(H,19,20). The summed E-state index contributed by atoms with van der Waals surface area (Å²) >= 11 is 0. The molecule has 1 unspecified atom stereocenters. The van der Waals surface area contributed by atoms with Crippen molar-refractivity contribution >= 4 is 12.0 Å². The second kappa shape index (κ2) is 6.61. The number of nitrogens with one attached hydrogen (secondary N) is 1. The lowest BCUT2D eigenvalue weighted by atomic mass is 9.93. The maximum Gasteiger partial charge on any atom is 0.329 e. The Hall–Kier alpha value is -2.04. The van der Waals surface area contributed by atoms with Crippen molar-refractivity contribution in [3.8, 4) is 0 Å². The molecular formula is C16H22N2O3. The van der Waals surface area contributed by atoms with E-state index in [1.807, 2.05) is 37.3 Å². The maximum atomic E-state index is 12.3. The number of likely N-dealkylation sites (tertiary alicyclic amines) is 1. The Morgan fingerprint density at radius 3 is 2.67 bits per heavy atom. The summed E-state index contributed by atoms with van der Waals surface area (Å²) in [6, 6.07) is 9.63. The summed E-state index contributed by atoms with van der Waals surface area (Å²) in [5.41, 5.74) is 0.121. The van der Waals surface area contributed by atoms with E-state index in [4.69, 9.17) is 0 Å². The molecule has 21 heavy (non-hydrogen) atoms. The Bertz CT molecular complexity index is 504. The maximum absolute atomic E-state index is 12.3. The highest BCUT2D eigenvalue weighted by Gasteiger charge is 2.48. The summed E-state index contributed by atoms with van der Waals surface area (Å²) in [4.78, 5) is 25.3. The summed E-state index contributed by atoms with van der Waals surface area (Å²) in [5.74, 6) is -0.902. The largest absolute Gasteiger partial charge is 0.479 e. The molecule has 5 heteroatoms. The number of nitrogens with zero attached hydrogens (tertiary/aromatic N) is 1. The van der Waals surface area contributed by atoms with Crippen LogP contribution in [0.3, 0.4) is 0 Å². The smallest absolute Gasteiger partial charge is 0.329 e. The molecule has 2 amide bonds. The van der Waals surface area contributed by atoms with Gasteiger partial charge in [-0.25, -0.2) is 9.59 Å². The van der Waals surface area contributed by atoms with Gasteiger partial charge in [-0.15, -0.1) is 0 Å². The molecule has 1 heterocycles. The van der Waals surface area contributed by atoms with Crippen molar-refractivity contribution in [2.75, 3.05) is 13.1 Å². The van der Waals surface area contributed by atoms with Crippen LogP contribution < -0.4 is 5.32 Å². The first-order valence-corrected chi connectivity index (χ1v) is 7.43. The highest BCUT2D eigenvalue weighted by atomic mass is 16.4. The number of urea groups is 1. The normalized spacial score (nSPS) is 21.3. The van der Waals surface area contributed by atoms with E-state index in [1.54, 1.807) is 0 Å². The van der Waals surface area contributed by atoms with E-state index in [9.17, 15) is 14.7 Å². The molecule has 0 saturated carbocycles. The molecule has 0 spiro atoms. The summed E-state index contributed by atoms with van der Waals surface area (Å²) in [5, 5.41) is 12.3. The van der Waals surface area contributed by atoms with Crippen LogP contribution in [0.15, 0.2) is 30.3 Å². The fourth-order valence-electron chi connectivity index (χ4n) is 2.97. The molecule has 0 aliphatic carbocycles. The van der Waals surface area contributed by atoms with Gasteiger partial charge in [0.2, 0.25) is 0 Å². The van der Waals surface area contributed by atoms with Crippen LogP contribution in [0.4, 0.5) is 4.79 Å². The van der Waals surface area contributed by atoms with E-state index in [2.05, 4.69) is 5.32 Å². The number of hydrogen-bond acceptors (Lipinski definition) is 2. The van der Waals surface area contributed by atoms with Gasteiger partial charge in [0.15, 0.2) is 0 Å². The Morgan fingerprint density at radius 1 is 1.33 bits per heavy atom. The number of aliphatic carboxylic acids is 1. The van der Waals surface area contributed by atoms with E-state index in [0.717, 1.165) is 18.4 Å². The minimum Gasteiger partial charge on any atom is -0.479 e. The zero-order chi connectivity index (χ0) is 15.3. The van der Waals surface area contributed by atoms with Gasteiger partial charge in [-0.1, -0.05) is 37.3 Å². The lowest BCUT2D eigenvalue weighted by Gasteiger charge is -2.33. The Kier molecular flexibility index (Phi) is 4.83. The first-order valence-electron chi connectivity index (χ1n) is 7.43. The van der Waals surface area contributed by atoms with E-state index < -0.39 is 11.5 Å². The van der Waals surface area contributed by atoms with Gasteiger partial charge in [0.25, 0.3) is 0 Å². The minimum absolute atomic E-state index is 0.271. The van der Waals surface area contributed by atoms with Crippen LogP contribution in [-0.4, -0.2) is 40.6 Å².